The van der Waals surface area contributed by atoms with Gasteiger partial charge in [-0.3, -0.25) is 0 Å². The van der Waals surface area contributed by atoms with Crippen molar-refractivity contribution in [2.75, 3.05) is 7.11 Å². The van der Waals surface area contributed by atoms with Crippen molar-refractivity contribution < 1.29 is 9.13 Å². The monoisotopic (exact) mass is 320 g/mol. The summed E-state index contributed by atoms with van der Waals surface area (Å²) in [6.45, 7) is 0. The second-order valence-electron chi connectivity index (χ2n) is 4.07. The van der Waals surface area contributed by atoms with Crippen LogP contribution in [0.1, 0.15) is 0 Å². The third-order valence-electron chi connectivity index (χ3n) is 2.89. The maximum atomic E-state index is 13.5. The molecule has 3 rings (SSSR count). The highest BCUT2D eigenvalue weighted by Crippen LogP contribution is 2.30. The molecular weight excluding hydrogens is 311 g/mol. The second kappa shape index (κ2) is 4.66. The van der Waals surface area contributed by atoms with Crippen molar-refractivity contribution in [1.29, 1.82) is 0 Å². The van der Waals surface area contributed by atoms with Crippen molar-refractivity contribution in [1.82, 2.24) is 9.97 Å². The number of hydrogen-bond donors (Lipinski definition) is 1. The van der Waals surface area contributed by atoms with Crippen molar-refractivity contribution in [2.24, 2.45) is 0 Å². The van der Waals surface area contributed by atoms with E-state index in [-0.39, 0.29) is 5.82 Å². The van der Waals surface area contributed by atoms with Crippen LogP contribution in [0.3, 0.4) is 0 Å². The van der Waals surface area contributed by atoms with E-state index < -0.39 is 0 Å². The van der Waals surface area contributed by atoms with Gasteiger partial charge in [0.25, 0.3) is 0 Å². The Morgan fingerprint density at radius 2 is 2.05 bits per heavy atom. The minimum Gasteiger partial charge on any atom is -0.496 e. The van der Waals surface area contributed by atoms with Crippen LogP contribution in [0.4, 0.5) is 4.39 Å². The van der Waals surface area contributed by atoms with Crippen molar-refractivity contribution in [3.8, 4) is 17.1 Å². The fraction of sp³-hybridized carbons (Fsp3) is 0.0714. The lowest BCUT2D eigenvalue weighted by Gasteiger charge is -2.04. The normalized spacial score (nSPS) is 10.9. The molecule has 0 saturated heterocycles. The van der Waals surface area contributed by atoms with E-state index in [0.29, 0.717) is 21.3 Å². The molecule has 0 saturated carbocycles. The lowest BCUT2D eigenvalue weighted by molar-refractivity contribution is 0.416. The summed E-state index contributed by atoms with van der Waals surface area (Å²) >= 11 is 3.16. The largest absolute Gasteiger partial charge is 0.496 e. The van der Waals surface area contributed by atoms with E-state index in [4.69, 9.17) is 4.74 Å². The number of nitrogens with one attached hydrogen (secondary N) is 1. The molecule has 0 amide bonds. The van der Waals surface area contributed by atoms with Gasteiger partial charge in [-0.15, -0.1) is 0 Å². The maximum absolute atomic E-state index is 13.5. The van der Waals surface area contributed by atoms with E-state index >= 15 is 0 Å². The smallest absolute Gasteiger partial charge is 0.142 e. The summed E-state index contributed by atoms with van der Waals surface area (Å²) in [5.41, 5.74) is 2.20. The number of hydrogen-bond acceptors (Lipinski definition) is 2. The summed E-state index contributed by atoms with van der Waals surface area (Å²) in [6.07, 6.45) is 0. The van der Waals surface area contributed by atoms with Gasteiger partial charge in [0, 0.05) is 6.07 Å². The van der Waals surface area contributed by atoms with Gasteiger partial charge >= 0.3 is 0 Å². The van der Waals surface area contributed by atoms with Crippen molar-refractivity contribution >= 4 is 27.0 Å². The third-order valence-corrected chi connectivity index (χ3v) is 3.49. The van der Waals surface area contributed by atoms with E-state index in [1.807, 2.05) is 24.3 Å². The molecule has 96 valence electrons. The Kier molecular flexibility index (Phi) is 2.98. The Bertz CT molecular complexity index is 715. The Morgan fingerprint density at radius 3 is 2.84 bits per heavy atom. The molecule has 0 aliphatic heterocycles. The fourth-order valence-corrected chi connectivity index (χ4v) is 2.30. The van der Waals surface area contributed by atoms with Gasteiger partial charge in [0.15, 0.2) is 0 Å². The maximum Gasteiger partial charge on any atom is 0.142 e. The van der Waals surface area contributed by atoms with Gasteiger partial charge in [-0.1, -0.05) is 12.1 Å². The molecule has 0 aliphatic rings. The molecule has 0 unspecified atom stereocenters. The molecule has 0 atom stereocenters. The average Bonchev–Trinajstić information content (AvgIpc) is 2.82. The predicted molar refractivity (Wildman–Crippen MR) is 75.7 cm³/mol. The van der Waals surface area contributed by atoms with Gasteiger partial charge in [-0.2, -0.15) is 0 Å². The van der Waals surface area contributed by atoms with Gasteiger partial charge in [0.2, 0.25) is 0 Å². The van der Waals surface area contributed by atoms with Gasteiger partial charge in [0.05, 0.1) is 28.2 Å². The number of nitrogens with zero attached hydrogens (tertiary/aromatic N) is 1. The molecule has 0 bridgehead atoms. The highest BCUT2D eigenvalue weighted by Gasteiger charge is 2.11. The second-order valence-corrected chi connectivity index (χ2v) is 4.92. The lowest BCUT2D eigenvalue weighted by atomic mass is 10.2. The number of H-pyrrole nitrogens is 1. The summed E-state index contributed by atoms with van der Waals surface area (Å²) in [4.78, 5) is 7.56. The van der Waals surface area contributed by atoms with Gasteiger partial charge < -0.3 is 9.72 Å². The summed E-state index contributed by atoms with van der Waals surface area (Å²) in [6, 6.07) is 10.6. The van der Waals surface area contributed by atoms with Crippen LogP contribution in [0, 0.1) is 5.82 Å². The number of aromatic amines is 1. The van der Waals surface area contributed by atoms with Crippen LogP contribution in [0.15, 0.2) is 40.9 Å². The summed E-state index contributed by atoms with van der Waals surface area (Å²) in [5.74, 6) is 1.06. The van der Waals surface area contributed by atoms with Crippen LogP contribution >= 0.6 is 15.9 Å². The van der Waals surface area contributed by atoms with Crippen molar-refractivity contribution in [3.05, 3.63) is 46.7 Å². The molecule has 0 fully saturated rings. The number of imidazole rings is 1. The van der Waals surface area contributed by atoms with Crippen LogP contribution in [-0.2, 0) is 0 Å². The first kappa shape index (κ1) is 12.2. The molecular formula is C14H10BrFN2O. The van der Waals surface area contributed by atoms with Gasteiger partial charge in [-0.05, 0) is 34.1 Å². The number of ether oxygens (including phenoxy) is 1. The Morgan fingerprint density at radius 1 is 1.26 bits per heavy atom. The number of halogens is 2. The van der Waals surface area contributed by atoms with E-state index in [2.05, 4.69) is 25.9 Å². The summed E-state index contributed by atoms with van der Waals surface area (Å²) in [7, 11) is 1.61. The number of methoxy groups -OCH3 is 1. The zero-order valence-electron chi connectivity index (χ0n) is 10.1. The molecule has 0 radical (unpaired) electrons. The van der Waals surface area contributed by atoms with Crippen LogP contribution in [0.5, 0.6) is 5.75 Å². The third kappa shape index (κ3) is 2.10. The molecule has 1 heterocycles. The first-order chi connectivity index (χ1) is 9.19. The topological polar surface area (TPSA) is 37.9 Å². The highest BCUT2D eigenvalue weighted by molar-refractivity contribution is 9.10. The Hall–Kier alpha value is -1.88. The first-order valence-electron chi connectivity index (χ1n) is 5.67. The summed E-state index contributed by atoms with van der Waals surface area (Å²) in [5, 5.41) is 0. The lowest BCUT2D eigenvalue weighted by Crippen LogP contribution is -1.88. The highest BCUT2D eigenvalue weighted by atomic mass is 79.9. The number of fused-ring (bicyclic) bond motifs is 1. The van der Waals surface area contributed by atoms with Crippen molar-refractivity contribution in [3.63, 3.8) is 0 Å². The number of rotatable bonds is 2. The minimum atomic E-state index is -0.317. The van der Waals surface area contributed by atoms with Crippen molar-refractivity contribution in [2.45, 2.75) is 0 Å². The van der Waals surface area contributed by atoms with Crippen LogP contribution in [0.2, 0.25) is 0 Å². The molecule has 1 N–H and O–H groups in total. The van der Waals surface area contributed by atoms with E-state index in [9.17, 15) is 4.39 Å². The quantitative estimate of drug-likeness (QED) is 0.770. The van der Waals surface area contributed by atoms with Crippen LogP contribution in [-0.4, -0.2) is 17.1 Å². The zero-order valence-corrected chi connectivity index (χ0v) is 11.7. The number of para-hydroxylation sites is 1. The van der Waals surface area contributed by atoms with E-state index in [1.54, 1.807) is 13.2 Å². The van der Waals surface area contributed by atoms with Gasteiger partial charge in [-0.25, -0.2) is 9.37 Å². The Labute approximate surface area is 117 Å². The van der Waals surface area contributed by atoms with E-state index in [1.165, 1.54) is 6.07 Å². The number of aromatic nitrogens is 2. The zero-order chi connectivity index (χ0) is 13.4. The minimum absolute atomic E-state index is 0.317. The average molecular weight is 321 g/mol. The SMILES string of the molecule is COc1ccccc1-c1nc2cc(Br)c(F)cc2[nH]1. The molecule has 5 heteroatoms. The Balaban J connectivity index is 2.20. The standard InChI is InChI=1S/C14H10BrFN2O/c1-19-13-5-3-2-4-8(13)14-17-11-6-9(15)10(16)7-12(11)18-14/h2-7H,1H3,(H,17,18). The van der Waals surface area contributed by atoms with Crippen LogP contribution < -0.4 is 4.74 Å². The van der Waals surface area contributed by atoms with Crippen LogP contribution in [0.25, 0.3) is 22.4 Å². The number of benzene rings is 2. The molecule has 1 aromatic heterocycles. The van der Waals surface area contributed by atoms with E-state index in [0.717, 1.165) is 11.3 Å². The van der Waals surface area contributed by atoms with Gasteiger partial charge in [0.1, 0.15) is 17.4 Å². The summed E-state index contributed by atoms with van der Waals surface area (Å²) < 4.78 is 19.2. The fourth-order valence-electron chi connectivity index (χ4n) is 1.97. The molecule has 0 aliphatic carbocycles. The molecule has 19 heavy (non-hydrogen) atoms. The molecule has 2 aromatic carbocycles. The first-order valence-corrected chi connectivity index (χ1v) is 6.46. The molecule has 3 aromatic rings. The molecule has 3 nitrogen and oxygen atoms in total. The predicted octanol–water partition coefficient (Wildman–Crippen LogP) is 4.14. The molecule has 0 spiro atoms.